The van der Waals surface area contributed by atoms with E-state index < -0.39 is 0 Å². The first kappa shape index (κ1) is 16.4. The Morgan fingerprint density at radius 3 is 2.24 bits per heavy atom. The third-order valence-electron chi connectivity index (χ3n) is 4.43. The molecule has 118 valence electrons. The Balaban J connectivity index is 2.09. The van der Waals surface area contributed by atoms with Crippen LogP contribution in [0.5, 0.6) is 0 Å². The second-order valence-corrected chi connectivity index (χ2v) is 5.95. The summed E-state index contributed by atoms with van der Waals surface area (Å²) in [4.78, 5) is 4.98. The van der Waals surface area contributed by atoms with Crippen molar-refractivity contribution in [2.75, 3.05) is 32.7 Å². The van der Waals surface area contributed by atoms with Crippen molar-refractivity contribution in [3.05, 3.63) is 35.6 Å². The molecule has 1 saturated heterocycles. The quantitative estimate of drug-likeness (QED) is 0.875. The summed E-state index contributed by atoms with van der Waals surface area (Å²) in [5.41, 5.74) is 7.50. The summed E-state index contributed by atoms with van der Waals surface area (Å²) >= 11 is 0. The molecule has 4 heteroatoms. The van der Waals surface area contributed by atoms with Crippen LogP contribution in [0, 0.1) is 5.82 Å². The van der Waals surface area contributed by atoms with Crippen LogP contribution in [-0.2, 0) is 0 Å². The number of hydrogen-bond acceptors (Lipinski definition) is 3. The fraction of sp³-hybridized carbons (Fsp3) is 0.647. The van der Waals surface area contributed by atoms with Crippen LogP contribution >= 0.6 is 0 Å². The van der Waals surface area contributed by atoms with Crippen molar-refractivity contribution in [2.45, 2.75) is 38.8 Å². The molecule has 1 heterocycles. The molecule has 2 atom stereocenters. The fourth-order valence-corrected chi connectivity index (χ4v) is 3.19. The van der Waals surface area contributed by atoms with Gasteiger partial charge in [0.05, 0.1) is 0 Å². The van der Waals surface area contributed by atoms with Crippen molar-refractivity contribution in [1.29, 1.82) is 0 Å². The van der Waals surface area contributed by atoms with E-state index in [1.54, 1.807) is 0 Å². The van der Waals surface area contributed by atoms with Gasteiger partial charge in [0.15, 0.2) is 0 Å². The van der Waals surface area contributed by atoms with Gasteiger partial charge >= 0.3 is 0 Å². The second kappa shape index (κ2) is 7.87. The Morgan fingerprint density at radius 2 is 1.71 bits per heavy atom. The molecule has 1 fully saturated rings. The van der Waals surface area contributed by atoms with Gasteiger partial charge in [-0.1, -0.05) is 26.0 Å². The van der Waals surface area contributed by atoms with Gasteiger partial charge in [0.2, 0.25) is 0 Å². The van der Waals surface area contributed by atoms with Gasteiger partial charge in [0.25, 0.3) is 0 Å². The lowest BCUT2D eigenvalue weighted by Crippen LogP contribution is -2.51. The van der Waals surface area contributed by atoms with E-state index >= 15 is 0 Å². The molecule has 0 aromatic heterocycles. The van der Waals surface area contributed by atoms with Gasteiger partial charge in [-0.3, -0.25) is 4.90 Å². The number of piperazine rings is 1. The third-order valence-corrected chi connectivity index (χ3v) is 4.43. The maximum absolute atomic E-state index is 13.2. The predicted octanol–water partition coefficient (Wildman–Crippen LogP) is 2.63. The van der Waals surface area contributed by atoms with E-state index in [-0.39, 0.29) is 17.9 Å². The van der Waals surface area contributed by atoms with E-state index in [1.165, 1.54) is 25.1 Å². The zero-order valence-corrected chi connectivity index (χ0v) is 13.3. The van der Waals surface area contributed by atoms with Crippen molar-refractivity contribution in [1.82, 2.24) is 9.80 Å². The van der Waals surface area contributed by atoms with Crippen molar-refractivity contribution in [2.24, 2.45) is 5.73 Å². The van der Waals surface area contributed by atoms with E-state index in [0.717, 1.165) is 38.2 Å². The molecule has 1 aliphatic heterocycles. The van der Waals surface area contributed by atoms with E-state index in [4.69, 9.17) is 5.73 Å². The van der Waals surface area contributed by atoms with Gasteiger partial charge in [0.1, 0.15) is 5.82 Å². The third kappa shape index (κ3) is 4.25. The molecule has 0 aliphatic carbocycles. The molecule has 1 aromatic rings. The van der Waals surface area contributed by atoms with Crippen LogP contribution in [-0.4, -0.2) is 48.6 Å². The Labute approximate surface area is 127 Å². The van der Waals surface area contributed by atoms with Crippen LogP contribution in [0.25, 0.3) is 0 Å². The van der Waals surface area contributed by atoms with E-state index in [2.05, 4.69) is 23.6 Å². The first-order valence-electron chi connectivity index (χ1n) is 8.13. The van der Waals surface area contributed by atoms with Gasteiger partial charge < -0.3 is 10.6 Å². The summed E-state index contributed by atoms with van der Waals surface area (Å²) in [5, 5.41) is 0. The zero-order valence-electron chi connectivity index (χ0n) is 13.3. The first-order chi connectivity index (χ1) is 10.2. The molecule has 0 amide bonds. The molecular formula is C17H28FN3. The zero-order chi connectivity index (χ0) is 15.2. The van der Waals surface area contributed by atoms with Crippen LogP contribution in [0.15, 0.2) is 24.3 Å². The average molecular weight is 293 g/mol. The fourth-order valence-electron chi connectivity index (χ4n) is 3.19. The lowest BCUT2D eigenvalue weighted by molar-refractivity contribution is 0.0836. The highest BCUT2D eigenvalue weighted by molar-refractivity contribution is 5.22. The predicted molar refractivity (Wildman–Crippen MR) is 85.7 cm³/mol. The molecule has 1 aromatic carbocycles. The summed E-state index contributed by atoms with van der Waals surface area (Å²) < 4.78 is 13.2. The van der Waals surface area contributed by atoms with Gasteiger partial charge in [-0.25, -0.2) is 4.39 Å². The minimum absolute atomic E-state index is 0.0909. The Hall–Kier alpha value is -0.970. The van der Waals surface area contributed by atoms with Gasteiger partial charge in [-0.15, -0.1) is 0 Å². The molecule has 2 N–H and O–H groups in total. The Kier molecular flexibility index (Phi) is 6.15. The minimum atomic E-state index is -0.185. The van der Waals surface area contributed by atoms with Crippen LogP contribution in [0.1, 0.15) is 38.3 Å². The monoisotopic (exact) mass is 293 g/mol. The molecule has 1 aliphatic rings. The number of rotatable bonds is 6. The molecule has 3 nitrogen and oxygen atoms in total. The Bertz CT molecular complexity index is 413. The van der Waals surface area contributed by atoms with Gasteiger partial charge in [0, 0.05) is 38.3 Å². The second-order valence-electron chi connectivity index (χ2n) is 5.95. The molecule has 21 heavy (non-hydrogen) atoms. The van der Waals surface area contributed by atoms with E-state index in [1.807, 2.05) is 12.1 Å². The topological polar surface area (TPSA) is 32.5 Å². The first-order valence-corrected chi connectivity index (χ1v) is 8.13. The molecule has 2 unspecified atom stereocenters. The number of hydrogen-bond donors (Lipinski definition) is 1. The van der Waals surface area contributed by atoms with E-state index in [9.17, 15) is 4.39 Å². The lowest BCUT2D eigenvalue weighted by atomic mass is 9.95. The number of nitrogens with zero attached hydrogens (tertiary/aromatic N) is 2. The van der Waals surface area contributed by atoms with Crippen molar-refractivity contribution in [3.8, 4) is 0 Å². The highest BCUT2D eigenvalue weighted by Gasteiger charge is 2.28. The molecule has 0 spiro atoms. The van der Waals surface area contributed by atoms with Crippen LogP contribution in [0.2, 0.25) is 0 Å². The molecule has 0 radical (unpaired) electrons. The molecule has 0 saturated carbocycles. The SMILES string of the molecule is CCCN1CCN(C(c2ccc(F)cc2)C(N)CC)CC1. The normalized spacial score (nSPS) is 20.4. The van der Waals surface area contributed by atoms with Crippen molar-refractivity contribution in [3.63, 3.8) is 0 Å². The van der Waals surface area contributed by atoms with Crippen molar-refractivity contribution >= 4 is 0 Å². The Morgan fingerprint density at radius 1 is 1.10 bits per heavy atom. The molecule has 2 rings (SSSR count). The lowest BCUT2D eigenvalue weighted by Gasteiger charge is -2.41. The minimum Gasteiger partial charge on any atom is -0.326 e. The van der Waals surface area contributed by atoms with Gasteiger partial charge in [-0.05, 0) is 37.1 Å². The summed E-state index contributed by atoms with van der Waals surface area (Å²) in [6.45, 7) is 9.79. The molecule has 0 bridgehead atoms. The number of nitrogens with two attached hydrogens (primary N) is 1. The summed E-state index contributed by atoms with van der Waals surface area (Å²) in [5.74, 6) is -0.185. The van der Waals surface area contributed by atoms with Crippen molar-refractivity contribution < 1.29 is 4.39 Å². The van der Waals surface area contributed by atoms with Crippen LogP contribution in [0.4, 0.5) is 4.39 Å². The standard InChI is InChI=1S/C17H28FN3/c1-3-9-20-10-12-21(13-11-20)17(16(19)4-2)14-5-7-15(18)8-6-14/h5-8,16-17H,3-4,9-13,19H2,1-2H3. The molecular weight excluding hydrogens is 265 g/mol. The summed E-state index contributed by atoms with van der Waals surface area (Å²) in [6.07, 6.45) is 2.13. The summed E-state index contributed by atoms with van der Waals surface area (Å²) in [6, 6.07) is 7.13. The highest BCUT2D eigenvalue weighted by atomic mass is 19.1. The number of benzene rings is 1. The largest absolute Gasteiger partial charge is 0.326 e. The number of halogens is 1. The smallest absolute Gasteiger partial charge is 0.123 e. The van der Waals surface area contributed by atoms with Crippen LogP contribution in [0.3, 0.4) is 0 Å². The van der Waals surface area contributed by atoms with E-state index in [0.29, 0.717) is 0 Å². The van der Waals surface area contributed by atoms with Gasteiger partial charge in [-0.2, -0.15) is 0 Å². The van der Waals surface area contributed by atoms with Crippen LogP contribution < -0.4 is 5.73 Å². The summed E-state index contributed by atoms with van der Waals surface area (Å²) in [7, 11) is 0. The highest BCUT2D eigenvalue weighted by Crippen LogP contribution is 2.26. The average Bonchev–Trinajstić information content (AvgIpc) is 2.51. The maximum Gasteiger partial charge on any atom is 0.123 e. The maximum atomic E-state index is 13.2.